The van der Waals surface area contributed by atoms with Gasteiger partial charge in [-0.15, -0.1) is 0 Å². The molecule has 0 bridgehead atoms. The molecule has 9 heteroatoms. The molecule has 1 aliphatic heterocycles. The molecule has 158 valence electrons. The zero-order valence-corrected chi connectivity index (χ0v) is 17.5. The van der Waals surface area contributed by atoms with Crippen molar-refractivity contribution in [3.8, 4) is 5.75 Å². The number of hydrogen-bond donors (Lipinski definition) is 2. The fourth-order valence-corrected chi connectivity index (χ4v) is 3.20. The van der Waals surface area contributed by atoms with Crippen LogP contribution in [0.4, 0.5) is 0 Å². The van der Waals surface area contributed by atoms with Crippen LogP contribution in [0.15, 0.2) is 24.3 Å². The van der Waals surface area contributed by atoms with Crippen LogP contribution in [-0.4, -0.2) is 60.6 Å². The van der Waals surface area contributed by atoms with Crippen molar-refractivity contribution in [3.05, 3.63) is 29.8 Å². The number of hydrogen-bond acceptors (Lipinski definition) is 6. The fourth-order valence-electron chi connectivity index (χ4n) is 2.89. The molecule has 1 saturated heterocycles. The number of thiocarbonyl (C=S) groups is 1. The van der Waals surface area contributed by atoms with Gasteiger partial charge in [-0.05, 0) is 42.9 Å². The third-order valence-corrected chi connectivity index (χ3v) is 4.87. The Morgan fingerprint density at radius 3 is 2.66 bits per heavy atom. The number of methoxy groups -OCH3 is 1. The number of benzene rings is 1. The Morgan fingerprint density at radius 2 is 2.00 bits per heavy atom. The summed E-state index contributed by atoms with van der Waals surface area (Å²) in [4.78, 5) is 37.8. The maximum atomic E-state index is 12.5. The summed E-state index contributed by atoms with van der Waals surface area (Å²) in [5.74, 6) is -0.551. The molecule has 1 atom stereocenters. The Balaban J connectivity index is 1.95. The quantitative estimate of drug-likeness (QED) is 0.374. The third kappa shape index (κ3) is 6.70. The highest BCUT2D eigenvalue weighted by atomic mass is 32.1. The molecule has 1 unspecified atom stereocenters. The van der Waals surface area contributed by atoms with Crippen molar-refractivity contribution < 1.29 is 23.9 Å². The molecule has 1 fully saturated rings. The number of rotatable bonds is 8. The second-order valence-electron chi connectivity index (χ2n) is 6.62. The second-order valence-corrected chi connectivity index (χ2v) is 7.01. The van der Waals surface area contributed by atoms with Gasteiger partial charge in [0, 0.05) is 18.7 Å². The van der Waals surface area contributed by atoms with E-state index in [9.17, 15) is 14.4 Å². The Bertz CT molecular complexity index is 738. The molecule has 0 spiro atoms. The number of unbranched alkanes of at least 4 members (excludes halogenated alkanes) is 2. The van der Waals surface area contributed by atoms with Crippen LogP contribution in [0.2, 0.25) is 0 Å². The molecule has 2 rings (SSSR count). The van der Waals surface area contributed by atoms with Crippen molar-refractivity contribution in [2.45, 2.75) is 38.6 Å². The highest BCUT2D eigenvalue weighted by Crippen LogP contribution is 2.14. The lowest BCUT2D eigenvalue weighted by atomic mass is 10.1. The third-order valence-electron chi connectivity index (χ3n) is 4.53. The van der Waals surface area contributed by atoms with E-state index in [0.29, 0.717) is 31.0 Å². The van der Waals surface area contributed by atoms with Gasteiger partial charge in [0.15, 0.2) is 5.11 Å². The van der Waals surface area contributed by atoms with Crippen LogP contribution in [0.5, 0.6) is 5.75 Å². The summed E-state index contributed by atoms with van der Waals surface area (Å²) < 4.78 is 10.3. The summed E-state index contributed by atoms with van der Waals surface area (Å²) in [6.45, 7) is 3.53. The molecule has 0 radical (unpaired) electrons. The maximum Gasteiger partial charge on any atom is 0.308 e. The lowest BCUT2D eigenvalue weighted by Crippen LogP contribution is -2.60. The van der Waals surface area contributed by atoms with Crippen molar-refractivity contribution >= 4 is 35.1 Å². The monoisotopic (exact) mass is 421 g/mol. The molecule has 0 saturated carbocycles. The van der Waals surface area contributed by atoms with E-state index >= 15 is 0 Å². The molecule has 2 N–H and O–H groups in total. The van der Waals surface area contributed by atoms with Gasteiger partial charge in [-0.25, -0.2) is 0 Å². The average Bonchev–Trinajstić information content (AvgIpc) is 2.72. The van der Waals surface area contributed by atoms with Crippen molar-refractivity contribution in [3.63, 3.8) is 0 Å². The van der Waals surface area contributed by atoms with Crippen molar-refractivity contribution in [1.29, 1.82) is 0 Å². The van der Waals surface area contributed by atoms with E-state index in [2.05, 4.69) is 22.3 Å². The van der Waals surface area contributed by atoms with Gasteiger partial charge in [0.05, 0.1) is 20.1 Å². The van der Waals surface area contributed by atoms with Crippen LogP contribution in [0.3, 0.4) is 0 Å². The molecule has 1 aliphatic rings. The first kappa shape index (κ1) is 22.6. The van der Waals surface area contributed by atoms with Crippen LogP contribution in [-0.2, 0) is 14.3 Å². The van der Waals surface area contributed by atoms with E-state index in [1.54, 1.807) is 24.3 Å². The minimum Gasteiger partial charge on any atom is -0.494 e. The summed E-state index contributed by atoms with van der Waals surface area (Å²) in [7, 11) is 1.25. The van der Waals surface area contributed by atoms with Crippen molar-refractivity contribution in [2.24, 2.45) is 0 Å². The van der Waals surface area contributed by atoms with Gasteiger partial charge in [0.2, 0.25) is 5.91 Å². The Hall–Kier alpha value is -2.68. The number of nitrogens with one attached hydrogen (secondary N) is 2. The van der Waals surface area contributed by atoms with E-state index < -0.39 is 17.9 Å². The standard InChI is InChI=1S/C20H27N3O5S/c1-3-4-5-12-28-15-8-6-14(7-9-15)18(25)22-20(29)23-11-10-21-19(26)16(23)13-17(24)27-2/h6-9,16H,3-5,10-13H2,1-2H3,(H,21,26)(H,22,25,29). The summed E-state index contributed by atoms with van der Waals surface area (Å²) >= 11 is 5.31. The molecule has 1 aromatic carbocycles. The van der Waals surface area contributed by atoms with Crippen LogP contribution in [0, 0.1) is 0 Å². The van der Waals surface area contributed by atoms with Crippen molar-refractivity contribution in [2.75, 3.05) is 26.8 Å². The molecular formula is C20H27N3O5S. The number of piperazine rings is 1. The normalized spacial score (nSPS) is 16.0. The zero-order chi connectivity index (χ0) is 21.2. The highest BCUT2D eigenvalue weighted by Gasteiger charge is 2.34. The van der Waals surface area contributed by atoms with E-state index in [-0.39, 0.29) is 17.4 Å². The number of carbonyl (C=O) groups is 3. The van der Waals surface area contributed by atoms with E-state index in [4.69, 9.17) is 17.0 Å². The van der Waals surface area contributed by atoms with Gasteiger partial charge >= 0.3 is 5.97 Å². The zero-order valence-electron chi connectivity index (χ0n) is 16.7. The van der Waals surface area contributed by atoms with E-state index in [1.165, 1.54) is 12.0 Å². The Labute approximate surface area is 175 Å². The minimum atomic E-state index is -0.817. The number of ether oxygens (including phenoxy) is 2. The molecule has 1 heterocycles. The van der Waals surface area contributed by atoms with Crippen LogP contribution < -0.4 is 15.4 Å². The van der Waals surface area contributed by atoms with Crippen LogP contribution in [0.1, 0.15) is 43.0 Å². The van der Waals surface area contributed by atoms with Gasteiger partial charge in [-0.1, -0.05) is 19.8 Å². The summed E-state index contributed by atoms with van der Waals surface area (Å²) in [5, 5.41) is 5.42. The Kier molecular flexibility index (Phi) is 8.85. The Morgan fingerprint density at radius 1 is 1.28 bits per heavy atom. The second kappa shape index (κ2) is 11.4. The average molecular weight is 422 g/mol. The highest BCUT2D eigenvalue weighted by molar-refractivity contribution is 7.80. The van der Waals surface area contributed by atoms with E-state index in [0.717, 1.165) is 19.3 Å². The molecule has 8 nitrogen and oxygen atoms in total. The van der Waals surface area contributed by atoms with Gasteiger partial charge in [0.1, 0.15) is 11.8 Å². The van der Waals surface area contributed by atoms with E-state index in [1.807, 2.05) is 0 Å². The molecule has 0 aliphatic carbocycles. The van der Waals surface area contributed by atoms with Crippen LogP contribution in [0.25, 0.3) is 0 Å². The van der Waals surface area contributed by atoms with Gasteiger partial charge < -0.3 is 19.7 Å². The predicted octanol–water partition coefficient (Wildman–Crippen LogP) is 1.63. The first-order valence-corrected chi connectivity index (χ1v) is 10.1. The predicted molar refractivity (Wildman–Crippen MR) is 112 cm³/mol. The van der Waals surface area contributed by atoms with Gasteiger partial charge in [0.25, 0.3) is 5.91 Å². The fraction of sp³-hybridized carbons (Fsp3) is 0.500. The molecule has 2 amide bonds. The summed E-state index contributed by atoms with van der Waals surface area (Å²) in [5.41, 5.74) is 0.416. The topological polar surface area (TPSA) is 97.0 Å². The number of carbonyl (C=O) groups excluding carboxylic acids is 3. The minimum absolute atomic E-state index is 0.0960. The molecule has 1 aromatic rings. The molecule has 29 heavy (non-hydrogen) atoms. The first-order chi connectivity index (χ1) is 14.0. The number of nitrogens with zero attached hydrogens (tertiary/aromatic N) is 1. The lowest BCUT2D eigenvalue weighted by Gasteiger charge is -2.36. The summed E-state index contributed by atoms with van der Waals surface area (Å²) in [6.07, 6.45) is 3.08. The number of amides is 2. The molecule has 0 aromatic heterocycles. The first-order valence-electron chi connectivity index (χ1n) is 9.65. The van der Waals surface area contributed by atoms with Gasteiger partial charge in [-0.2, -0.15) is 0 Å². The number of esters is 1. The maximum absolute atomic E-state index is 12.5. The molecular weight excluding hydrogens is 394 g/mol. The summed E-state index contributed by atoms with van der Waals surface area (Å²) in [6, 6.07) is 5.96. The van der Waals surface area contributed by atoms with Crippen molar-refractivity contribution in [1.82, 2.24) is 15.5 Å². The lowest BCUT2D eigenvalue weighted by molar-refractivity contribution is -0.144. The van der Waals surface area contributed by atoms with Crippen LogP contribution >= 0.6 is 12.2 Å². The van der Waals surface area contributed by atoms with Gasteiger partial charge in [-0.3, -0.25) is 19.7 Å². The SMILES string of the molecule is CCCCCOc1ccc(C(=O)NC(=S)N2CCNC(=O)C2CC(=O)OC)cc1. The largest absolute Gasteiger partial charge is 0.494 e. The smallest absolute Gasteiger partial charge is 0.308 e.